The van der Waals surface area contributed by atoms with E-state index in [0.29, 0.717) is 25.1 Å². The van der Waals surface area contributed by atoms with E-state index in [-0.39, 0.29) is 37.6 Å². The third-order valence-corrected chi connectivity index (χ3v) is 7.52. The van der Waals surface area contributed by atoms with E-state index in [4.69, 9.17) is 14.7 Å². The van der Waals surface area contributed by atoms with Gasteiger partial charge < -0.3 is 24.5 Å². The molecule has 208 valence electrons. The van der Waals surface area contributed by atoms with Gasteiger partial charge in [0.1, 0.15) is 6.33 Å². The first kappa shape index (κ1) is 28.7. The predicted octanol–water partition coefficient (Wildman–Crippen LogP) is 2.94. The number of amides is 2. The fourth-order valence-electron chi connectivity index (χ4n) is 4.14. The number of carbonyl (C=O) groups is 2. The highest BCUT2D eigenvalue weighted by molar-refractivity contribution is 7.99. The van der Waals surface area contributed by atoms with Gasteiger partial charge >= 0.3 is 0 Å². The number of nitrogens with zero attached hydrogens (tertiary/aromatic N) is 3. The van der Waals surface area contributed by atoms with Gasteiger partial charge in [-0.2, -0.15) is 0 Å². The minimum Gasteiger partial charge on any atom is -0.392 e. The van der Waals surface area contributed by atoms with Crippen molar-refractivity contribution < 1.29 is 29.4 Å². The SMILES string of the molecule is Cn1cnnc1SC[C@H]1C[C@@H](c2ccc(CO)cc2)O[C@@H](c2ccc(CNC(=O)CCCC(=O)NO)cc2)O1. The van der Waals surface area contributed by atoms with Crippen LogP contribution >= 0.6 is 11.8 Å². The van der Waals surface area contributed by atoms with Gasteiger partial charge in [-0.25, -0.2) is 5.48 Å². The van der Waals surface area contributed by atoms with Gasteiger partial charge in [-0.1, -0.05) is 60.3 Å². The summed E-state index contributed by atoms with van der Waals surface area (Å²) in [5.74, 6) is 0.00771. The van der Waals surface area contributed by atoms with Crippen molar-refractivity contribution in [3.05, 3.63) is 77.1 Å². The molecule has 2 aromatic carbocycles. The highest BCUT2D eigenvalue weighted by atomic mass is 32.2. The lowest BCUT2D eigenvalue weighted by atomic mass is 10.0. The molecule has 4 N–H and O–H groups in total. The number of benzene rings is 2. The van der Waals surface area contributed by atoms with Gasteiger partial charge in [-0.15, -0.1) is 10.2 Å². The van der Waals surface area contributed by atoms with Crippen molar-refractivity contribution in [3.8, 4) is 0 Å². The number of aryl methyl sites for hydroxylation is 1. The molecule has 1 saturated heterocycles. The summed E-state index contributed by atoms with van der Waals surface area (Å²) in [6.07, 6.45) is 2.12. The van der Waals surface area contributed by atoms with Crippen LogP contribution in [0.15, 0.2) is 60.0 Å². The maximum absolute atomic E-state index is 12.0. The minimum absolute atomic E-state index is 0.0117. The van der Waals surface area contributed by atoms with E-state index in [1.807, 2.05) is 60.1 Å². The maximum atomic E-state index is 12.0. The van der Waals surface area contributed by atoms with Gasteiger partial charge in [-0.3, -0.25) is 14.8 Å². The number of rotatable bonds is 12. The predicted molar refractivity (Wildman–Crippen MR) is 142 cm³/mol. The Bertz CT molecular complexity index is 1220. The molecular weight excluding hydrogens is 522 g/mol. The van der Waals surface area contributed by atoms with Crippen LogP contribution < -0.4 is 10.8 Å². The van der Waals surface area contributed by atoms with Crippen molar-refractivity contribution in [2.45, 2.75) is 62.5 Å². The highest BCUT2D eigenvalue weighted by Crippen LogP contribution is 2.39. The summed E-state index contributed by atoms with van der Waals surface area (Å²) < 4.78 is 14.6. The van der Waals surface area contributed by atoms with Crippen LogP contribution in [-0.4, -0.2) is 48.7 Å². The summed E-state index contributed by atoms with van der Waals surface area (Å²) in [7, 11) is 1.90. The average molecular weight is 556 g/mol. The monoisotopic (exact) mass is 555 g/mol. The molecule has 39 heavy (non-hydrogen) atoms. The Kier molecular flexibility index (Phi) is 10.5. The number of aromatic nitrogens is 3. The van der Waals surface area contributed by atoms with Crippen LogP contribution in [0.4, 0.5) is 0 Å². The summed E-state index contributed by atoms with van der Waals surface area (Å²) in [6, 6.07) is 15.5. The largest absolute Gasteiger partial charge is 0.392 e. The molecule has 1 aliphatic heterocycles. The number of aliphatic hydroxyl groups is 1. The van der Waals surface area contributed by atoms with E-state index < -0.39 is 12.2 Å². The standard InChI is InChI=1S/C27H33N5O6S/c1-32-17-29-30-27(32)39-16-22-13-23(20-9-7-19(15-33)8-10-20)38-26(37-22)21-11-5-18(6-12-21)14-28-24(34)3-2-4-25(35)31-36/h5-12,17,22-23,26,33,36H,2-4,13-16H2,1H3,(H,28,34)(H,31,35)/t22-,23+,26+/m1/s1. The van der Waals surface area contributed by atoms with Crippen molar-refractivity contribution in [1.82, 2.24) is 25.6 Å². The number of carbonyl (C=O) groups excluding carboxylic acids is 2. The second kappa shape index (κ2) is 14.2. The van der Waals surface area contributed by atoms with Gasteiger partial charge in [-0.05, 0) is 23.1 Å². The zero-order valence-corrected chi connectivity index (χ0v) is 22.5. The van der Waals surface area contributed by atoms with Crippen LogP contribution in [0.2, 0.25) is 0 Å². The molecule has 11 nitrogen and oxygen atoms in total. The molecule has 3 atom stereocenters. The Morgan fingerprint density at radius 3 is 2.38 bits per heavy atom. The molecule has 1 aliphatic rings. The summed E-state index contributed by atoms with van der Waals surface area (Å²) in [4.78, 5) is 23.1. The van der Waals surface area contributed by atoms with E-state index in [1.165, 1.54) is 0 Å². The van der Waals surface area contributed by atoms with Crippen LogP contribution in [0, 0.1) is 0 Å². The first-order valence-corrected chi connectivity index (χ1v) is 13.7. The van der Waals surface area contributed by atoms with Crippen molar-refractivity contribution in [2.75, 3.05) is 5.75 Å². The summed E-state index contributed by atoms with van der Waals surface area (Å²) in [5, 5.41) is 29.7. The fraction of sp³-hybridized carbons (Fsp3) is 0.407. The molecule has 0 bridgehead atoms. The highest BCUT2D eigenvalue weighted by Gasteiger charge is 2.32. The number of nitrogens with one attached hydrogen (secondary N) is 2. The topological polar surface area (TPSA) is 148 Å². The third kappa shape index (κ3) is 8.35. The van der Waals surface area contributed by atoms with Crippen LogP contribution in [0.5, 0.6) is 0 Å². The summed E-state index contributed by atoms with van der Waals surface area (Å²) in [5.41, 5.74) is 5.20. The normalized spacial score (nSPS) is 19.0. The number of hydrogen-bond donors (Lipinski definition) is 4. The molecule has 0 unspecified atom stereocenters. The van der Waals surface area contributed by atoms with Gasteiger partial charge in [0.25, 0.3) is 0 Å². The Morgan fingerprint density at radius 2 is 1.72 bits per heavy atom. The van der Waals surface area contributed by atoms with E-state index >= 15 is 0 Å². The van der Waals surface area contributed by atoms with Crippen molar-refractivity contribution in [3.63, 3.8) is 0 Å². The number of ether oxygens (including phenoxy) is 2. The zero-order chi connectivity index (χ0) is 27.6. The van der Waals surface area contributed by atoms with Crippen LogP contribution in [0.25, 0.3) is 0 Å². The molecular formula is C27H33N5O6S. The Hall–Kier alpha value is -3.29. The Labute approximate surface area is 230 Å². The smallest absolute Gasteiger partial charge is 0.243 e. The first-order chi connectivity index (χ1) is 18.9. The summed E-state index contributed by atoms with van der Waals surface area (Å²) in [6.45, 7) is 0.344. The first-order valence-electron chi connectivity index (χ1n) is 12.7. The molecule has 1 aromatic heterocycles. The molecule has 12 heteroatoms. The van der Waals surface area contributed by atoms with Gasteiger partial charge in [0, 0.05) is 44.2 Å². The van der Waals surface area contributed by atoms with Crippen molar-refractivity contribution in [2.24, 2.45) is 7.05 Å². The number of aliphatic hydroxyl groups excluding tert-OH is 1. The quantitative estimate of drug-likeness (QED) is 0.150. The lowest BCUT2D eigenvalue weighted by Gasteiger charge is -2.36. The molecule has 0 saturated carbocycles. The fourth-order valence-corrected chi connectivity index (χ4v) is 5.05. The lowest BCUT2D eigenvalue weighted by Crippen LogP contribution is -2.31. The van der Waals surface area contributed by atoms with Gasteiger partial charge in [0.05, 0.1) is 18.8 Å². The summed E-state index contributed by atoms with van der Waals surface area (Å²) >= 11 is 1.58. The van der Waals surface area contributed by atoms with E-state index in [2.05, 4.69) is 15.5 Å². The zero-order valence-electron chi connectivity index (χ0n) is 21.7. The second-order valence-corrected chi connectivity index (χ2v) is 10.3. The van der Waals surface area contributed by atoms with Crippen LogP contribution in [0.1, 0.15) is 60.3 Å². The van der Waals surface area contributed by atoms with Crippen LogP contribution in [0.3, 0.4) is 0 Å². The minimum atomic E-state index is -0.576. The third-order valence-electron chi connectivity index (χ3n) is 6.36. The van der Waals surface area contributed by atoms with E-state index in [0.717, 1.165) is 27.4 Å². The molecule has 2 amide bonds. The van der Waals surface area contributed by atoms with Gasteiger partial charge in [0.15, 0.2) is 11.4 Å². The molecule has 0 aliphatic carbocycles. The maximum Gasteiger partial charge on any atom is 0.243 e. The molecule has 3 aromatic rings. The molecule has 2 heterocycles. The van der Waals surface area contributed by atoms with Crippen molar-refractivity contribution in [1.29, 1.82) is 0 Å². The molecule has 4 rings (SSSR count). The van der Waals surface area contributed by atoms with Gasteiger partial charge in [0.2, 0.25) is 11.8 Å². The average Bonchev–Trinajstić information content (AvgIpc) is 3.39. The van der Waals surface area contributed by atoms with E-state index in [9.17, 15) is 14.7 Å². The molecule has 0 radical (unpaired) electrons. The Morgan fingerprint density at radius 1 is 1.03 bits per heavy atom. The van der Waals surface area contributed by atoms with E-state index in [1.54, 1.807) is 23.6 Å². The molecule has 0 spiro atoms. The number of thioether (sulfide) groups is 1. The number of hydrogen-bond acceptors (Lipinski definition) is 9. The molecule has 1 fully saturated rings. The van der Waals surface area contributed by atoms with Crippen molar-refractivity contribution >= 4 is 23.6 Å². The second-order valence-electron chi connectivity index (χ2n) is 9.29. The lowest BCUT2D eigenvalue weighted by molar-refractivity contribution is -0.245. The van der Waals surface area contributed by atoms with Crippen LogP contribution in [-0.2, 0) is 39.3 Å². The Balaban J connectivity index is 1.38. The number of hydroxylamine groups is 1.